The number of fused-ring (bicyclic) bond motifs is 1. The first-order valence-electron chi connectivity index (χ1n) is 7.43. The van der Waals surface area contributed by atoms with Crippen molar-refractivity contribution in [1.29, 1.82) is 0 Å². The van der Waals surface area contributed by atoms with Crippen molar-refractivity contribution in [2.45, 2.75) is 38.9 Å². The number of aromatic nitrogens is 1. The third-order valence-electron chi connectivity index (χ3n) is 4.50. The number of anilines is 1. The van der Waals surface area contributed by atoms with Crippen LogP contribution in [0.1, 0.15) is 27.7 Å². The molecule has 0 radical (unpaired) electrons. The van der Waals surface area contributed by atoms with Gasteiger partial charge in [-0.1, -0.05) is 6.07 Å². The van der Waals surface area contributed by atoms with E-state index in [2.05, 4.69) is 9.71 Å². The Labute approximate surface area is 136 Å². The largest absolute Gasteiger partial charge is 0.494 e. The average Bonchev–Trinajstić information content (AvgIpc) is 2.90. The second-order valence-electron chi connectivity index (χ2n) is 6.97. The number of benzene rings is 1. The maximum atomic E-state index is 11.6. The maximum absolute atomic E-state index is 11.6. The van der Waals surface area contributed by atoms with E-state index in [0.717, 1.165) is 22.6 Å². The molecule has 2 aromatic rings. The topological polar surface area (TPSA) is 80.4 Å². The molecule has 23 heavy (non-hydrogen) atoms. The molecule has 0 bridgehead atoms. The molecule has 1 aliphatic rings. The van der Waals surface area contributed by atoms with Crippen LogP contribution in [-0.2, 0) is 19.3 Å². The van der Waals surface area contributed by atoms with E-state index in [9.17, 15) is 8.42 Å². The fourth-order valence-electron chi connectivity index (χ4n) is 2.59. The van der Waals surface area contributed by atoms with E-state index in [0.29, 0.717) is 5.69 Å². The number of hydrogen-bond donors (Lipinski definition) is 2. The van der Waals surface area contributed by atoms with Crippen molar-refractivity contribution in [2.75, 3.05) is 11.0 Å². The summed E-state index contributed by atoms with van der Waals surface area (Å²) < 4.78 is 37.9. The fraction of sp³-hybridized carbons (Fsp3) is 0.467. The lowest BCUT2D eigenvalue weighted by molar-refractivity contribution is 0.00578. The van der Waals surface area contributed by atoms with Crippen LogP contribution in [0.4, 0.5) is 5.69 Å². The Bertz CT molecular complexity index is 841. The van der Waals surface area contributed by atoms with Crippen LogP contribution in [0, 0.1) is 0 Å². The quantitative estimate of drug-likeness (QED) is 0.838. The number of H-pyrrole nitrogens is 1. The van der Waals surface area contributed by atoms with Gasteiger partial charge in [0.25, 0.3) is 0 Å². The van der Waals surface area contributed by atoms with Crippen LogP contribution in [0.2, 0.25) is 0 Å². The van der Waals surface area contributed by atoms with Crippen LogP contribution in [0.5, 0.6) is 0 Å². The fourth-order valence-corrected chi connectivity index (χ4v) is 3.15. The summed E-state index contributed by atoms with van der Waals surface area (Å²) in [7, 11) is -3.93. The van der Waals surface area contributed by atoms with Crippen molar-refractivity contribution in [3.63, 3.8) is 0 Å². The summed E-state index contributed by atoms with van der Waals surface area (Å²) in [6.07, 6.45) is 2.90. The minimum Gasteiger partial charge on any atom is -0.399 e. The zero-order valence-electron chi connectivity index (χ0n) is 13.9. The first-order valence-corrected chi connectivity index (χ1v) is 9.32. The lowest BCUT2D eigenvalue weighted by atomic mass is 9.78. The van der Waals surface area contributed by atoms with Crippen molar-refractivity contribution in [2.24, 2.45) is 0 Å². The molecule has 1 fully saturated rings. The summed E-state index contributed by atoms with van der Waals surface area (Å²) in [6, 6.07) is 5.58. The van der Waals surface area contributed by atoms with E-state index in [1.165, 1.54) is 0 Å². The molecule has 6 nitrogen and oxygen atoms in total. The predicted octanol–water partition coefficient (Wildman–Crippen LogP) is 1.84. The van der Waals surface area contributed by atoms with E-state index in [1.807, 2.05) is 39.8 Å². The summed E-state index contributed by atoms with van der Waals surface area (Å²) in [5.74, 6) is 0. The van der Waals surface area contributed by atoms with Gasteiger partial charge in [0.05, 0.1) is 28.7 Å². The molecule has 2 heterocycles. The number of aromatic amines is 1. The Morgan fingerprint density at radius 3 is 2.30 bits per heavy atom. The molecule has 0 aliphatic carbocycles. The van der Waals surface area contributed by atoms with E-state index in [1.54, 1.807) is 12.3 Å². The Balaban J connectivity index is 2.06. The summed E-state index contributed by atoms with van der Waals surface area (Å²) in [6.45, 7) is 7.93. The SMILES string of the molecule is CC1(C)OB(c2cc(NS(C)(=O)=O)c3[nH]ccc3c2)OC1(C)C. The van der Waals surface area contributed by atoms with Crippen LogP contribution in [0.25, 0.3) is 10.9 Å². The zero-order chi connectivity index (χ0) is 17.0. The Hall–Kier alpha value is -1.51. The summed E-state index contributed by atoms with van der Waals surface area (Å²) in [4.78, 5) is 3.05. The molecular formula is C15H21BN2O4S. The molecule has 0 saturated carbocycles. The highest BCUT2D eigenvalue weighted by Crippen LogP contribution is 2.37. The van der Waals surface area contributed by atoms with Gasteiger partial charge in [-0.2, -0.15) is 0 Å². The van der Waals surface area contributed by atoms with Gasteiger partial charge in [0.15, 0.2) is 0 Å². The van der Waals surface area contributed by atoms with Gasteiger partial charge in [-0.3, -0.25) is 4.72 Å². The van der Waals surface area contributed by atoms with E-state index in [-0.39, 0.29) is 0 Å². The van der Waals surface area contributed by atoms with E-state index in [4.69, 9.17) is 9.31 Å². The third kappa shape index (κ3) is 2.98. The molecule has 8 heteroatoms. The van der Waals surface area contributed by atoms with E-state index >= 15 is 0 Å². The lowest BCUT2D eigenvalue weighted by Crippen LogP contribution is -2.41. The summed E-state index contributed by atoms with van der Waals surface area (Å²) in [5.41, 5.74) is 1.10. The van der Waals surface area contributed by atoms with E-state index < -0.39 is 28.3 Å². The minimum absolute atomic E-state index is 0.449. The van der Waals surface area contributed by atoms with Crippen LogP contribution in [-0.4, -0.2) is 38.0 Å². The van der Waals surface area contributed by atoms with Gasteiger partial charge in [0.2, 0.25) is 10.0 Å². The second kappa shape index (κ2) is 4.99. The molecule has 0 unspecified atom stereocenters. The molecule has 0 spiro atoms. The van der Waals surface area contributed by atoms with Crippen molar-refractivity contribution in [3.05, 3.63) is 24.4 Å². The van der Waals surface area contributed by atoms with Crippen molar-refractivity contribution in [3.8, 4) is 0 Å². The molecule has 1 saturated heterocycles. The molecule has 1 aromatic heterocycles. The van der Waals surface area contributed by atoms with Gasteiger partial charge in [0, 0.05) is 11.6 Å². The molecule has 1 aliphatic heterocycles. The molecule has 1 aromatic carbocycles. The van der Waals surface area contributed by atoms with Gasteiger partial charge in [-0.05, 0) is 45.3 Å². The molecule has 0 atom stereocenters. The Morgan fingerprint density at radius 1 is 1.13 bits per heavy atom. The van der Waals surface area contributed by atoms with Crippen molar-refractivity contribution < 1.29 is 17.7 Å². The van der Waals surface area contributed by atoms with Gasteiger partial charge < -0.3 is 14.3 Å². The number of nitrogens with one attached hydrogen (secondary N) is 2. The predicted molar refractivity (Wildman–Crippen MR) is 92.5 cm³/mol. The maximum Gasteiger partial charge on any atom is 0.494 e. The number of hydrogen-bond acceptors (Lipinski definition) is 4. The van der Waals surface area contributed by atoms with Crippen LogP contribution in [0.15, 0.2) is 24.4 Å². The Morgan fingerprint density at radius 2 is 1.74 bits per heavy atom. The average molecular weight is 336 g/mol. The van der Waals surface area contributed by atoms with Crippen LogP contribution in [0.3, 0.4) is 0 Å². The van der Waals surface area contributed by atoms with Gasteiger partial charge in [-0.15, -0.1) is 0 Å². The monoisotopic (exact) mass is 336 g/mol. The molecule has 3 rings (SSSR count). The highest BCUT2D eigenvalue weighted by molar-refractivity contribution is 7.92. The third-order valence-corrected chi connectivity index (χ3v) is 5.09. The number of rotatable bonds is 3. The summed E-state index contributed by atoms with van der Waals surface area (Å²) in [5, 5.41) is 0.892. The van der Waals surface area contributed by atoms with Gasteiger partial charge in [0.1, 0.15) is 0 Å². The highest BCUT2D eigenvalue weighted by atomic mass is 32.2. The lowest BCUT2D eigenvalue weighted by Gasteiger charge is -2.32. The standard InChI is InChI=1S/C15H21BN2O4S/c1-14(2)15(3,4)22-16(21-14)11-8-10-6-7-17-13(10)12(9-11)18-23(5,19)20/h6-9,17-18H,1-5H3. The number of sulfonamides is 1. The van der Waals surface area contributed by atoms with Crippen molar-refractivity contribution in [1.82, 2.24) is 4.98 Å². The molecule has 2 N–H and O–H groups in total. The second-order valence-corrected chi connectivity index (χ2v) is 8.72. The molecule has 124 valence electrons. The summed E-state index contributed by atoms with van der Waals surface area (Å²) >= 11 is 0. The Kier molecular flexibility index (Phi) is 3.55. The minimum atomic E-state index is -3.38. The van der Waals surface area contributed by atoms with Gasteiger partial charge in [-0.25, -0.2) is 8.42 Å². The smallest absolute Gasteiger partial charge is 0.399 e. The van der Waals surface area contributed by atoms with Crippen LogP contribution >= 0.6 is 0 Å². The molecular weight excluding hydrogens is 315 g/mol. The normalized spacial score (nSPS) is 20.1. The van der Waals surface area contributed by atoms with Crippen molar-refractivity contribution >= 4 is 39.2 Å². The molecule has 0 amide bonds. The first-order chi connectivity index (χ1) is 10.5. The highest BCUT2D eigenvalue weighted by Gasteiger charge is 2.51. The zero-order valence-corrected chi connectivity index (χ0v) is 14.7. The van der Waals surface area contributed by atoms with Crippen LogP contribution < -0.4 is 10.2 Å². The first kappa shape index (κ1) is 16.4. The van der Waals surface area contributed by atoms with Gasteiger partial charge >= 0.3 is 7.12 Å².